The maximum Gasteiger partial charge on any atom is 0.253 e. The van der Waals surface area contributed by atoms with E-state index in [0.29, 0.717) is 26.1 Å². The van der Waals surface area contributed by atoms with E-state index < -0.39 is 0 Å². The summed E-state index contributed by atoms with van der Waals surface area (Å²) in [6, 6.07) is -0.370. The zero-order valence-corrected chi connectivity index (χ0v) is 9.85. The summed E-state index contributed by atoms with van der Waals surface area (Å²) in [5.74, 6) is 5.06. The van der Waals surface area contributed by atoms with Crippen LogP contribution < -0.4 is 11.3 Å². The van der Waals surface area contributed by atoms with E-state index >= 15 is 0 Å². The Morgan fingerprint density at radius 2 is 2.44 bits per heavy atom. The molecule has 0 aliphatic carbocycles. The highest BCUT2D eigenvalue weighted by Crippen LogP contribution is 2.18. The summed E-state index contributed by atoms with van der Waals surface area (Å²) >= 11 is 0. The lowest BCUT2D eigenvalue weighted by atomic mass is 9.95. The second kappa shape index (κ2) is 6.15. The molecule has 0 saturated carbocycles. The van der Waals surface area contributed by atoms with Gasteiger partial charge >= 0.3 is 0 Å². The number of hydrogen-bond donors (Lipinski definition) is 3. The SMILES string of the molecule is COCC(C(=O)NN)N1CCC(O)C(C)C1. The van der Waals surface area contributed by atoms with Crippen LogP contribution in [-0.4, -0.2) is 54.9 Å². The van der Waals surface area contributed by atoms with Gasteiger partial charge in [0.25, 0.3) is 5.91 Å². The van der Waals surface area contributed by atoms with Crippen molar-refractivity contribution in [2.75, 3.05) is 26.8 Å². The van der Waals surface area contributed by atoms with Crippen LogP contribution in [0.1, 0.15) is 13.3 Å². The molecule has 94 valence electrons. The van der Waals surface area contributed by atoms with Gasteiger partial charge in [-0.15, -0.1) is 0 Å². The minimum atomic E-state index is -0.370. The highest BCUT2D eigenvalue weighted by Gasteiger charge is 2.32. The predicted molar refractivity (Wildman–Crippen MR) is 59.4 cm³/mol. The smallest absolute Gasteiger partial charge is 0.253 e. The molecule has 1 rings (SSSR count). The van der Waals surface area contributed by atoms with Crippen molar-refractivity contribution in [2.45, 2.75) is 25.5 Å². The van der Waals surface area contributed by atoms with E-state index in [0.717, 1.165) is 0 Å². The Labute approximate surface area is 95.7 Å². The number of methoxy groups -OCH3 is 1. The van der Waals surface area contributed by atoms with Gasteiger partial charge in [-0.1, -0.05) is 6.92 Å². The standard InChI is InChI=1S/C10H21N3O3/c1-7-5-13(4-3-9(7)14)8(6-16-2)10(15)12-11/h7-9,14H,3-6,11H2,1-2H3,(H,12,15). The van der Waals surface area contributed by atoms with Gasteiger partial charge in [0, 0.05) is 20.2 Å². The van der Waals surface area contributed by atoms with Gasteiger partial charge in [0.2, 0.25) is 0 Å². The molecule has 0 radical (unpaired) electrons. The molecule has 3 atom stereocenters. The number of carbonyl (C=O) groups is 1. The van der Waals surface area contributed by atoms with Crippen molar-refractivity contribution in [2.24, 2.45) is 11.8 Å². The molecular weight excluding hydrogens is 210 g/mol. The number of carbonyl (C=O) groups excluding carboxylic acids is 1. The number of likely N-dealkylation sites (tertiary alicyclic amines) is 1. The van der Waals surface area contributed by atoms with Crippen LogP contribution in [-0.2, 0) is 9.53 Å². The second-order valence-electron chi connectivity index (χ2n) is 4.31. The Morgan fingerprint density at radius 1 is 1.75 bits per heavy atom. The van der Waals surface area contributed by atoms with E-state index in [-0.39, 0.29) is 24.0 Å². The van der Waals surface area contributed by atoms with Gasteiger partial charge in [0.1, 0.15) is 6.04 Å². The van der Waals surface area contributed by atoms with Crippen LogP contribution in [0.2, 0.25) is 0 Å². The van der Waals surface area contributed by atoms with Crippen LogP contribution in [0, 0.1) is 5.92 Å². The third kappa shape index (κ3) is 3.15. The summed E-state index contributed by atoms with van der Waals surface area (Å²) in [6.45, 7) is 3.66. The fraction of sp³-hybridized carbons (Fsp3) is 0.900. The largest absolute Gasteiger partial charge is 0.393 e. The molecule has 0 bridgehead atoms. The molecule has 6 heteroatoms. The number of hydrogen-bond acceptors (Lipinski definition) is 5. The second-order valence-corrected chi connectivity index (χ2v) is 4.31. The number of aliphatic hydroxyl groups excluding tert-OH is 1. The number of piperidine rings is 1. The van der Waals surface area contributed by atoms with Gasteiger partial charge in [0.05, 0.1) is 12.7 Å². The molecule has 1 fully saturated rings. The summed E-state index contributed by atoms with van der Waals surface area (Å²) in [5.41, 5.74) is 2.15. The highest BCUT2D eigenvalue weighted by molar-refractivity contribution is 5.81. The number of hydrazine groups is 1. The normalized spacial score (nSPS) is 28.8. The summed E-state index contributed by atoms with van der Waals surface area (Å²) in [5, 5.41) is 9.62. The maximum absolute atomic E-state index is 11.6. The van der Waals surface area contributed by atoms with Gasteiger partial charge in [-0.2, -0.15) is 0 Å². The first-order chi connectivity index (χ1) is 7.60. The van der Waals surface area contributed by atoms with Crippen LogP contribution in [0.5, 0.6) is 0 Å². The Kier molecular flexibility index (Phi) is 5.14. The number of aliphatic hydroxyl groups is 1. The van der Waals surface area contributed by atoms with Crippen molar-refractivity contribution < 1.29 is 14.6 Å². The van der Waals surface area contributed by atoms with Crippen molar-refractivity contribution in [1.82, 2.24) is 10.3 Å². The average Bonchev–Trinajstić information content (AvgIpc) is 2.29. The molecule has 0 aromatic heterocycles. The summed E-state index contributed by atoms with van der Waals surface area (Å²) in [4.78, 5) is 13.6. The van der Waals surface area contributed by atoms with Gasteiger partial charge in [-0.05, 0) is 12.3 Å². The van der Waals surface area contributed by atoms with Crippen LogP contribution in [0.15, 0.2) is 0 Å². The van der Waals surface area contributed by atoms with E-state index in [1.54, 1.807) is 7.11 Å². The number of amides is 1. The molecule has 1 aliphatic heterocycles. The Hall–Kier alpha value is -0.690. The van der Waals surface area contributed by atoms with Gasteiger partial charge in [-0.25, -0.2) is 5.84 Å². The van der Waals surface area contributed by atoms with Crippen LogP contribution in [0.3, 0.4) is 0 Å². The molecule has 1 saturated heterocycles. The quantitative estimate of drug-likeness (QED) is 0.318. The molecule has 1 amide bonds. The fourth-order valence-electron chi connectivity index (χ4n) is 2.05. The molecule has 6 nitrogen and oxygen atoms in total. The Morgan fingerprint density at radius 3 is 2.94 bits per heavy atom. The molecule has 1 heterocycles. The Balaban J connectivity index is 2.61. The average molecular weight is 231 g/mol. The van der Waals surface area contributed by atoms with Crippen molar-refractivity contribution in [3.8, 4) is 0 Å². The van der Waals surface area contributed by atoms with E-state index in [2.05, 4.69) is 5.43 Å². The molecular formula is C10H21N3O3. The van der Waals surface area contributed by atoms with Gasteiger partial charge in [0.15, 0.2) is 0 Å². The lowest BCUT2D eigenvalue weighted by Crippen LogP contribution is -2.55. The predicted octanol–water partition coefficient (Wildman–Crippen LogP) is -1.31. The van der Waals surface area contributed by atoms with Crippen molar-refractivity contribution >= 4 is 5.91 Å². The summed E-state index contributed by atoms with van der Waals surface area (Å²) < 4.78 is 5.02. The number of nitrogens with two attached hydrogens (primary N) is 1. The lowest BCUT2D eigenvalue weighted by Gasteiger charge is -2.38. The summed E-state index contributed by atoms with van der Waals surface area (Å²) in [6.07, 6.45) is 0.402. The third-order valence-electron chi connectivity index (χ3n) is 3.10. The molecule has 0 spiro atoms. The minimum absolute atomic E-state index is 0.165. The van der Waals surface area contributed by atoms with Crippen LogP contribution in [0.25, 0.3) is 0 Å². The van der Waals surface area contributed by atoms with Crippen LogP contribution >= 0.6 is 0 Å². The molecule has 16 heavy (non-hydrogen) atoms. The lowest BCUT2D eigenvalue weighted by molar-refractivity contribution is -0.130. The fourth-order valence-corrected chi connectivity index (χ4v) is 2.05. The summed E-state index contributed by atoms with van der Waals surface area (Å²) in [7, 11) is 1.55. The van der Waals surface area contributed by atoms with E-state index in [1.807, 2.05) is 11.8 Å². The van der Waals surface area contributed by atoms with Gasteiger partial charge < -0.3 is 9.84 Å². The van der Waals surface area contributed by atoms with E-state index in [4.69, 9.17) is 10.6 Å². The molecule has 3 unspecified atom stereocenters. The first-order valence-corrected chi connectivity index (χ1v) is 5.51. The van der Waals surface area contributed by atoms with Gasteiger partial charge in [-0.3, -0.25) is 15.1 Å². The topological polar surface area (TPSA) is 87.8 Å². The van der Waals surface area contributed by atoms with Crippen molar-refractivity contribution in [1.29, 1.82) is 0 Å². The zero-order chi connectivity index (χ0) is 12.1. The van der Waals surface area contributed by atoms with E-state index in [1.165, 1.54) is 0 Å². The van der Waals surface area contributed by atoms with Crippen molar-refractivity contribution in [3.63, 3.8) is 0 Å². The van der Waals surface area contributed by atoms with Crippen LogP contribution in [0.4, 0.5) is 0 Å². The number of rotatable bonds is 4. The maximum atomic E-state index is 11.6. The molecule has 4 N–H and O–H groups in total. The molecule has 0 aromatic rings. The number of ether oxygens (including phenoxy) is 1. The zero-order valence-electron chi connectivity index (χ0n) is 9.85. The number of nitrogens with one attached hydrogen (secondary N) is 1. The molecule has 1 aliphatic rings. The first-order valence-electron chi connectivity index (χ1n) is 5.51. The van der Waals surface area contributed by atoms with Crippen molar-refractivity contribution in [3.05, 3.63) is 0 Å². The first kappa shape index (κ1) is 13.4. The third-order valence-corrected chi connectivity index (χ3v) is 3.10. The number of nitrogens with zero attached hydrogens (tertiary/aromatic N) is 1. The highest BCUT2D eigenvalue weighted by atomic mass is 16.5. The van der Waals surface area contributed by atoms with E-state index in [9.17, 15) is 9.90 Å². The molecule has 0 aromatic carbocycles. The Bertz CT molecular complexity index is 237. The monoisotopic (exact) mass is 231 g/mol. The minimum Gasteiger partial charge on any atom is -0.393 e.